The van der Waals surface area contributed by atoms with E-state index in [9.17, 15) is 13.6 Å². The fourth-order valence-electron chi connectivity index (χ4n) is 3.85. The lowest BCUT2D eigenvalue weighted by molar-refractivity contribution is 0.0989. The number of nitrogens with zero attached hydrogens (tertiary/aromatic N) is 1. The third-order valence-electron chi connectivity index (χ3n) is 5.73. The molecule has 147 valence electrons. The number of halogens is 2. The Morgan fingerprint density at radius 2 is 1.62 bits per heavy atom. The smallest absolute Gasteiger partial charge is 0.258 e. The van der Waals surface area contributed by atoms with Crippen molar-refractivity contribution < 1.29 is 13.6 Å². The highest BCUT2D eigenvalue weighted by Crippen LogP contribution is 2.32. The molecule has 0 aliphatic carbocycles. The molecule has 29 heavy (non-hydrogen) atoms. The number of anilines is 1. The summed E-state index contributed by atoms with van der Waals surface area (Å²) in [6.07, 6.45) is 2.22. The van der Waals surface area contributed by atoms with Crippen LogP contribution < -0.4 is 4.90 Å². The van der Waals surface area contributed by atoms with Crippen molar-refractivity contribution in [3.63, 3.8) is 0 Å². The number of benzene rings is 3. The monoisotopic (exact) mass is 390 g/mol. The molecule has 3 aromatic carbocycles. The van der Waals surface area contributed by atoms with E-state index in [1.165, 1.54) is 30.2 Å². The summed E-state index contributed by atoms with van der Waals surface area (Å²) >= 11 is 0. The van der Waals surface area contributed by atoms with Crippen LogP contribution in [0.2, 0.25) is 0 Å². The number of amides is 1. The maximum Gasteiger partial charge on any atom is 0.258 e. The van der Waals surface area contributed by atoms with Crippen LogP contribution in [0, 0.1) is 38.8 Å². The maximum atomic E-state index is 13.9. The fourth-order valence-corrected chi connectivity index (χ4v) is 3.85. The first-order chi connectivity index (χ1) is 13.8. The van der Waals surface area contributed by atoms with Gasteiger partial charge in [0.05, 0.1) is 0 Å². The second kappa shape index (κ2) is 7.43. The molecular weight excluding hydrogens is 368 g/mol. The van der Waals surface area contributed by atoms with Crippen molar-refractivity contribution in [1.29, 1.82) is 0 Å². The highest BCUT2D eigenvalue weighted by molar-refractivity contribution is 6.07. The van der Waals surface area contributed by atoms with E-state index in [2.05, 4.69) is 6.92 Å². The Labute approximate surface area is 169 Å². The lowest BCUT2D eigenvalue weighted by atomic mass is 9.99. The lowest BCUT2D eigenvalue weighted by Gasteiger charge is -2.19. The maximum absolute atomic E-state index is 13.9. The van der Waals surface area contributed by atoms with Gasteiger partial charge in [0.25, 0.3) is 5.91 Å². The topological polar surface area (TPSA) is 20.3 Å². The Hall–Kier alpha value is -3.01. The predicted molar refractivity (Wildman–Crippen MR) is 111 cm³/mol. The molecule has 1 radical (unpaired) electrons. The van der Waals surface area contributed by atoms with E-state index in [4.69, 9.17) is 0 Å². The molecule has 1 aliphatic heterocycles. The van der Waals surface area contributed by atoms with Gasteiger partial charge in [-0.25, -0.2) is 8.78 Å². The van der Waals surface area contributed by atoms with Gasteiger partial charge < -0.3 is 4.90 Å². The standard InChI is InChI=1S/C25H22F2NO/c1-15-11-20(12-16(2)17(15)3)25(29)28-10-9-19-13-18(7-8-24(19)28)14-21-22(26)5-4-6-23(21)27/h4-8,11-14H,9-10H2,1-3H3. The highest BCUT2D eigenvalue weighted by atomic mass is 19.1. The van der Waals surface area contributed by atoms with E-state index < -0.39 is 11.6 Å². The molecule has 1 heterocycles. The van der Waals surface area contributed by atoms with Gasteiger partial charge in [-0.3, -0.25) is 4.79 Å². The van der Waals surface area contributed by atoms with Gasteiger partial charge in [-0.1, -0.05) is 18.2 Å². The number of aryl methyl sites for hydroxylation is 2. The molecular formula is C25H22F2NO. The Kier molecular flexibility index (Phi) is 4.95. The van der Waals surface area contributed by atoms with Crippen molar-refractivity contribution in [3.8, 4) is 0 Å². The summed E-state index contributed by atoms with van der Waals surface area (Å²) in [5, 5.41) is 0. The summed E-state index contributed by atoms with van der Waals surface area (Å²) in [6.45, 7) is 6.68. The number of fused-ring (bicyclic) bond motifs is 1. The van der Waals surface area contributed by atoms with E-state index in [0.717, 1.165) is 22.4 Å². The van der Waals surface area contributed by atoms with Crippen LogP contribution >= 0.6 is 0 Å². The van der Waals surface area contributed by atoms with Crippen LogP contribution in [-0.2, 0) is 6.42 Å². The fraction of sp³-hybridized carbons (Fsp3) is 0.200. The van der Waals surface area contributed by atoms with Gasteiger partial charge in [0.2, 0.25) is 0 Å². The average molecular weight is 390 g/mol. The van der Waals surface area contributed by atoms with Gasteiger partial charge >= 0.3 is 0 Å². The minimum absolute atomic E-state index is 0.0215. The number of carbonyl (C=O) groups excluding carboxylic acids is 1. The average Bonchev–Trinajstić information content (AvgIpc) is 3.11. The third-order valence-corrected chi connectivity index (χ3v) is 5.73. The lowest BCUT2D eigenvalue weighted by Crippen LogP contribution is -2.29. The number of carbonyl (C=O) groups is 1. The van der Waals surface area contributed by atoms with Gasteiger partial charge in [-0.05, 0) is 85.3 Å². The normalized spacial score (nSPS) is 12.9. The largest absolute Gasteiger partial charge is 0.308 e. The number of rotatable bonds is 3. The summed E-state index contributed by atoms with van der Waals surface area (Å²) in [6, 6.07) is 13.3. The number of hydrogen-bond donors (Lipinski definition) is 0. The number of hydrogen-bond acceptors (Lipinski definition) is 1. The zero-order valence-electron chi connectivity index (χ0n) is 16.7. The molecule has 4 heteroatoms. The van der Waals surface area contributed by atoms with Crippen LogP contribution in [-0.4, -0.2) is 12.5 Å². The molecule has 0 saturated heterocycles. The third kappa shape index (κ3) is 3.55. The summed E-state index contributed by atoms with van der Waals surface area (Å²) in [7, 11) is 0. The summed E-state index contributed by atoms with van der Waals surface area (Å²) < 4.78 is 27.9. The van der Waals surface area contributed by atoms with Gasteiger partial charge in [-0.2, -0.15) is 0 Å². The quantitative estimate of drug-likeness (QED) is 0.562. The van der Waals surface area contributed by atoms with Crippen LogP contribution in [0.15, 0.2) is 48.5 Å². The SMILES string of the molecule is Cc1cc(C(=O)N2CCc3cc([CH]c4c(F)cccc4F)ccc32)cc(C)c1C. The highest BCUT2D eigenvalue weighted by Gasteiger charge is 2.26. The first-order valence-corrected chi connectivity index (χ1v) is 9.66. The van der Waals surface area contributed by atoms with Crippen molar-refractivity contribution in [2.75, 3.05) is 11.4 Å². The Morgan fingerprint density at radius 1 is 0.966 bits per heavy atom. The molecule has 1 aliphatic rings. The van der Waals surface area contributed by atoms with Gasteiger partial charge in [0.1, 0.15) is 11.6 Å². The van der Waals surface area contributed by atoms with Crippen molar-refractivity contribution in [3.05, 3.63) is 106 Å². The Morgan fingerprint density at radius 3 is 2.28 bits per heavy atom. The van der Waals surface area contributed by atoms with Crippen LogP contribution in [0.5, 0.6) is 0 Å². The Balaban J connectivity index is 1.61. The van der Waals surface area contributed by atoms with Crippen molar-refractivity contribution in [2.45, 2.75) is 27.2 Å². The molecule has 0 aromatic heterocycles. The molecule has 0 bridgehead atoms. The van der Waals surface area contributed by atoms with Gasteiger partial charge in [0, 0.05) is 29.8 Å². The molecule has 0 atom stereocenters. The van der Waals surface area contributed by atoms with Crippen LogP contribution in [0.1, 0.15) is 43.7 Å². The molecule has 2 nitrogen and oxygen atoms in total. The molecule has 3 aromatic rings. The molecule has 0 unspecified atom stereocenters. The van der Waals surface area contributed by atoms with Gasteiger partial charge in [0.15, 0.2) is 0 Å². The van der Waals surface area contributed by atoms with E-state index in [-0.39, 0.29) is 11.5 Å². The predicted octanol–water partition coefficient (Wildman–Crippen LogP) is 5.69. The van der Waals surface area contributed by atoms with E-state index in [0.29, 0.717) is 24.1 Å². The zero-order chi connectivity index (χ0) is 20.7. The molecule has 0 saturated carbocycles. The second-order valence-corrected chi connectivity index (χ2v) is 7.61. The summed E-state index contributed by atoms with van der Waals surface area (Å²) in [5.74, 6) is -1.20. The van der Waals surface area contributed by atoms with Crippen molar-refractivity contribution in [2.24, 2.45) is 0 Å². The summed E-state index contributed by atoms with van der Waals surface area (Å²) in [5.41, 5.74) is 6.61. The second-order valence-electron chi connectivity index (χ2n) is 7.61. The zero-order valence-corrected chi connectivity index (χ0v) is 16.7. The van der Waals surface area contributed by atoms with E-state index >= 15 is 0 Å². The van der Waals surface area contributed by atoms with Crippen molar-refractivity contribution >= 4 is 11.6 Å². The van der Waals surface area contributed by atoms with Crippen molar-refractivity contribution in [1.82, 2.24) is 0 Å². The van der Waals surface area contributed by atoms with Crippen LogP contribution in [0.4, 0.5) is 14.5 Å². The first kappa shape index (κ1) is 19.3. The minimum Gasteiger partial charge on any atom is -0.308 e. The molecule has 0 spiro atoms. The summed E-state index contributed by atoms with van der Waals surface area (Å²) in [4.78, 5) is 14.9. The minimum atomic E-state index is -0.590. The molecule has 1 amide bonds. The first-order valence-electron chi connectivity index (χ1n) is 9.66. The molecule has 0 fully saturated rings. The van der Waals surface area contributed by atoms with Gasteiger partial charge in [-0.15, -0.1) is 0 Å². The Bertz CT molecular complexity index is 1080. The van der Waals surface area contributed by atoms with E-state index in [1.54, 1.807) is 11.0 Å². The van der Waals surface area contributed by atoms with E-state index in [1.807, 2.05) is 38.1 Å². The van der Waals surface area contributed by atoms with Crippen LogP contribution in [0.3, 0.4) is 0 Å². The molecule has 4 rings (SSSR count). The van der Waals surface area contributed by atoms with Crippen LogP contribution in [0.25, 0.3) is 0 Å². The molecule has 0 N–H and O–H groups in total.